The molecule has 0 aliphatic carbocycles. The Hall–Kier alpha value is -2.02. The normalized spacial score (nSPS) is 11.6. The first-order valence-electron chi connectivity index (χ1n) is 8.15. The van der Waals surface area contributed by atoms with Crippen LogP contribution in [0.4, 0.5) is 0 Å². The summed E-state index contributed by atoms with van der Waals surface area (Å²) in [5.74, 6) is 0.167. The van der Waals surface area contributed by atoms with Crippen LogP contribution in [0.1, 0.15) is 22.4 Å². The Morgan fingerprint density at radius 1 is 1.11 bits per heavy atom. The Labute approximate surface area is 168 Å². The Morgan fingerprint density at radius 3 is 2.52 bits per heavy atom. The van der Waals surface area contributed by atoms with Crippen LogP contribution in [0.2, 0.25) is 10.0 Å². The predicted molar refractivity (Wildman–Crippen MR) is 106 cm³/mol. The van der Waals surface area contributed by atoms with Gasteiger partial charge in [0.15, 0.2) is 0 Å². The number of aromatic nitrogens is 2. The molecule has 0 aliphatic heterocycles. The molecule has 27 heavy (non-hydrogen) atoms. The molecule has 0 bridgehead atoms. The molecular formula is C19H18Cl2N2O3S. The Bertz CT molecular complexity index is 1110. The number of nitrogens with zero attached hydrogens (tertiary/aromatic N) is 2. The number of halogens is 2. The lowest BCUT2D eigenvalue weighted by Crippen LogP contribution is -2.13. The first kappa shape index (κ1) is 19.7. The first-order valence-corrected chi connectivity index (χ1v) is 10.3. The van der Waals surface area contributed by atoms with Crippen LogP contribution in [0.15, 0.2) is 47.4 Å². The highest BCUT2D eigenvalue weighted by Gasteiger charge is 2.24. The van der Waals surface area contributed by atoms with Crippen molar-refractivity contribution < 1.29 is 12.6 Å². The third-order valence-corrected chi connectivity index (χ3v) is 5.93. The maximum atomic E-state index is 12.7. The summed E-state index contributed by atoms with van der Waals surface area (Å²) in [4.78, 5) is 0.0943. The highest BCUT2D eigenvalue weighted by molar-refractivity contribution is 7.87. The molecule has 0 N–H and O–H groups in total. The molecule has 0 fully saturated rings. The molecule has 0 aliphatic rings. The summed E-state index contributed by atoms with van der Waals surface area (Å²) < 4.78 is 32.3. The zero-order valence-electron chi connectivity index (χ0n) is 15.0. The predicted octanol–water partition coefficient (Wildman–Crippen LogP) is 4.70. The van der Waals surface area contributed by atoms with Crippen LogP contribution in [-0.2, 0) is 23.6 Å². The van der Waals surface area contributed by atoms with Gasteiger partial charge in [-0.1, -0.05) is 41.4 Å². The van der Waals surface area contributed by atoms with Gasteiger partial charge in [-0.25, -0.2) is 4.68 Å². The average Bonchev–Trinajstić information content (AvgIpc) is 2.83. The second-order valence-electron chi connectivity index (χ2n) is 6.26. The number of hydrogen-bond acceptors (Lipinski definition) is 4. The average molecular weight is 425 g/mol. The number of aryl methyl sites for hydroxylation is 3. The maximum Gasteiger partial charge on any atom is 0.340 e. The standard InChI is InChI=1S/C19H18Cl2N2O3S/c1-12-5-4-6-16(9-12)27(24,25)26-19-17(13(2)22-23(19)3)10-14-7-8-15(20)11-18(14)21/h4-9,11H,10H2,1-3H3. The van der Waals surface area contributed by atoms with E-state index in [4.69, 9.17) is 27.4 Å². The smallest absolute Gasteiger partial charge is 0.340 e. The number of hydrogen-bond donors (Lipinski definition) is 0. The molecule has 1 aromatic heterocycles. The van der Waals surface area contributed by atoms with E-state index in [-0.39, 0.29) is 10.8 Å². The minimum Gasteiger partial charge on any atom is -0.358 e. The fourth-order valence-corrected chi connectivity index (χ4v) is 4.33. The van der Waals surface area contributed by atoms with Crippen LogP contribution in [-0.4, -0.2) is 18.2 Å². The molecule has 8 heteroatoms. The van der Waals surface area contributed by atoms with Gasteiger partial charge in [0.05, 0.1) is 5.69 Å². The molecule has 0 unspecified atom stereocenters. The lowest BCUT2D eigenvalue weighted by atomic mass is 10.1. The van der Waals surface area contributed by atoms with Gasteiger partial charge < -0.3 is 4.18 Å². The van der Waals surface area contributed by atoms with E-state index in [1.165, 1.54) is 10.7 Å². The zero-order valence-corrected chi connectivity index (χ0v) is 17.4. The lowest BCUT2D eigenvalue weighted by Gasteiger charge is -2.11. The molecule has 0 saturated heterocycles. The molecule has 0 saturated carbocycles. The van der Waals surface area contributed by atoms with Gasteiger partial charge in [0.2, 0.25) is 5.88 Å². The fraction of sp³-hybridized carbons (Fsp3) is 0.211. The van der Waals surface area contributed by atoms with Crippen LogP contribution < -0.4 is 4.18 Å². The van der Waals surface area contributed by atoms with Gasteiger partial charge in [0.25, 0.3) is 0 Å². The van der Waals surface area contributed by atoms with Crippen molar-refractivity contribution in [2.45, 2.75) is 25.2 Å². The van der Waals surface area contributed by atoms with E-state index in [1.807, 2.05) is 13.0 Å². The minimum absolute atomic E-state index is 0.0943. The van der Waals surface area contributed by atoms with Crippen molar-refractivity contribution in [3.63, 3.8) is 0 Å². The van der Waals surface area contributed by atoms with Crippen molar-refractivity contribution in [1.82, 2.24) is 9.78 Å². The molecular weight excluding hydrogens is 407 g/mol. The quantitative estimate of drug-likeness (QED) is 0.556. The monoisotopic (exact) mass is 424 g/mol. The number of benzene rings is 2. The molecule has 3 rings (SSSR count). The van der Waals surface area contributed by atoms with Crippen molar-refractivity contribution in [2.75, 3.05) is 0 Å². The van der Waals surface area contributed by atoms with E-state index in [0.717, 1.165) is 11.1 Å². The Morgan fingerprint density at radius 2 is 1.85 bits per heavy atom. The molecule has 0 amide bonds. The summed E-state index contributed by atoms with van der Waals surface area (Å²) in [5, 5.41) is 5.34. The number of rotatable bonds is 5. The Kier molecular flexibility index (Phi) is 5.51. The van der Waals surface area contributed by atoms with Gasteiger partial charge in [-0.05, 0) is 49.2 Å². The van der Waals surface area contributed by atoms with Gasteiger partial charge in [0, 0.05) is 29.1 Å². The SMILES string of the molecule is Cc1cccc(S(=O)(=O)Oc2c(Cc3ccc(Cl)cc3Cl)c(C)nn2C)c1. The third-order valence-electron chi connectivity index (χ3n) is 4.14. The topological polar surface area (TPSA) is 61.2 Å². The van der Waals surface area contributed by atoms with Crippen molar-refractivity contribution in [3.8, 4) is 5.88 Å². The van der Waals surface area contributed by atoms with Gasteiger partial charge >= 0.3 is 10.1 Å². The van der Waals surface area contributed by atoms with E-state index in [9.17, 15) is 8.42 Å². The van der Waals surface area contributed by atoms with Crippen molar-refractivity contribution in [2.24, 2.45) is 7.05 Å². The summed E-state index contributed by atoms with van der Waals surface area (Å²) in [6, 6.07) is 11.7. The van der Waals surface area contributed by atoms with E-state index >= 15 is 0 Å². The van der Waals surface area contributed by atoms with Gasteiger partial charge in [-0.15, -0.1) is 0 Å². The molecule has 0 atom stereocenters. The molecule has 0 spiro atoms. The van der Waals surface area contributed by atoms with Crippen LogP contribution in [0, 0.1) is 13.8 Å². The molecule has 2 aromatic carbocycles. The summed E-state index contributed by atoms with van der Waals surface area (Å²) in [5.41, 5.74) is 2.94. The molecule has 142 valence electrons. The zero-order chi connectivity index (χ0) is 19.8. The molecule has 0 radical (unpaired) electrons. The maximum absolute atomic E-state index is 12.7. The lowest BCUT2D eigenvalue weighted by molar-refractivity contribution is 0.452. The van der Waals surface area contributed by atoms with E-state index in [0.29, 0.717) is 27.7 Å². The third kappa shape index (κ3) is 4.29. The summed E-state index contributed by atoms with van der Waals surface area (Å²) in [6.45, 7) is 3.62. The van der Waals surface area contributed by atoms with E-state index in [2.05, 4.69) is 5.10 Å². The van der Waals surface area contributed by atoms with Crippen molar-refractivity contribution >= 4 is 33.3 Å². The molecule has 1 heterocycles. The van der Waals surface area contributed by atoms with E-state index in [1.54, 1.807) is 44.3 Å². The summed E-state index contributed by atoms with van der Waals surface area (Å²) in [6.07, 6.45) is 0.369. The van der Waals surface area contributed by atoms with Gasteiger partial charge in [-0.3, -0.25) is 0 Å². The highest BCUT2D eigenvalue weighted by atomic mass is 35.5. The Balaban J connectivity index is 1.99. The highest BCUT2D eigenvalue weighted by Crippen LogP contribution is 2.30. The van der Waals surface area contributed by atoms with Crippen LogP contribution in [0.5, 0.6) is 5.88 Å². The van der Waals surface area contributed by atoms with Crippen molar-refractivity contribution in [3.05, 3.63) is 74.9 Å². The minimum atomic E-state index is -3.99. The van der Waals surface area contributed by atoms with Crippen LogP contribution in [0.25, 0.3) is 0 Å². The van der Waals surface area contributed by atoms with Crippen LogP contribution in [0.3, 0.4) is 0 Å². The van der Waals surface area contributed by atoms with Crippen molar-refractivity contribution in [1.29, 1.82) is 0 Å². The van der Waals surface area contributed by atoms with Crippen LogP contribution >= 0.6 is 23.2 Å². The second-order valence-corrected chi connectivity index (χ2v) is 8.65. The van der Waals surface area contributed by atoms with E-state index < -0.39 is 10.1 Å². The van der Waals surface area contributed by atoms with Gasteiger partial charge in [0.1, 0.15) is 4.90 Å². The second kappa shape index (κ2) is 7.54. The fourth-order valence-electron chi connectivity index (χ4n) is 2.77. The first-order chi connectivity index (χ1) is 12.7. The molecule has 3 aromatic rings. The molecule has 5 nitrogen and oxygen atoms in total. The summed E-state index contributed by atoms with van der Waals surface area (Å²) in [7, 11) is -2.35. The van der Waals surface area contributed by atoms with Gasteiger partial charge in [-0.2, -0.15) is 13.5 Å². The summed E-state index contributed by atoms with van der Waals surface area (Å²) >= 11 is 12.2. The largest absolute Gasteiger partial charge is 0.358 e.